The molecule has 0 spiro atoms. The molecule has 0 aliphatic rings. The zero-order chi connectivity index (χ0) is 19.9. The summed E-state index contributed by atoms with van der Waals surface area (Å²) in [7, 11) is 3.55. The van der Waals surface area contributed by atoms with Gasteiger partial charge >= 0.3 is 0 Å². The second kappa shape index (κ2) is 9.23. The van der Waals surface area contributed by atoms with Gasteiger partial charge in [0.1, 0.15) is 5.75 Å². The predicted octanol–water partition coefficient (Wildman–Crippen LogP) is 2.55. The Labute approximate surface area is 167 Å². The average molecular weight is 398 g/mol. The van der Waals surface area contributed by atoms with Gasteiger partial charge in [0, 0.05) is 25.4 Å². The molecule has 1 amide bonds. The fourth-order valence-corrected chi connectivity index (χ4v) is 3.37. The number of hydrazone groups is 1. The summed E-state index contributed by atoms with van der Waals surface area (Å²) in [6.45, 7) is 2.72. The van der Waals surface area contributed by atoms with Gasteiger partial charge in [0.25, 0.3) is 5.91 Å². The molecule has 2 heterocycles. The van der Waals surface area contributed by atoms with E-state index in [2.05, 4.69) is 20.7 Å². The molecular weight excluding hydrogens is 376 g/mol. The normalized spacial score (nSPS) is 11.1. The van der Waals surface area contributed by atoms with Gasteiger partial charge in [0.05, 0.1) is 24.8 Å². The van der Waals surface area contributed by atoms with Crippen molar-refractivity contribution in [2.45, 2.75) is 18.6 Å². The van der Waals surface area contributed by atoms with E-state index in [1.165, 1.54) is 11.8 Å². The van der Waals surface area contributed by atoms with E-state index in [0.29, 0.717) is 11.7 Å². The van der Waals surface area contributed by atoms with Crippen LogP contribution in [0.2, 0.25) is 0 Å². The highest BCUT2D eigenvalue weighted by Gasteiger charge is 2.14. The molecule has 3 aromatic rings. The number of carbonyl (C=O) groups is 1. The van der Waals surface area contributed by atoms with Crippen LogP contribution in [0.25, 0.3) is 11.4 Å². The SMILES string of the molecule is CCn1c(SCC(=O)N/N=C/c2cccn2C)nnc1-c1ccc(OC)cc1. The summed E-state index contributed by atoms with van der Waals surface area (Å²) in [6, 6.07) is 11.5. The molecule has 8 nitrogen and oxygen atoms in total. The van der Waals surface area contributed by atoms with Crippen molar-refractivity contribution in [1.82, 2.24) is 24.8 Å². The molecule has 0 bridgehead atoms. The minimum atomic E-state index is -0.202. The number of hydrogen-bond donors (Lipinski definition) is 1. The van der Waals surface area contributed by atoms with Crippen molar-refractivity contribution in [3.8, 4) is 17.1 Å². The van der Waals surface area contributed by atoms with Crippen molar-refractivity contribution in [2.24, 2.45) is 12.1 Å². The van der Waals surface area contributed by atoms with Crippen molar-refractivity contribution in [2.75, 3.05) is 12.9 Å². The third-order valence-electron chi connectivity index (χ3n) is 4.08. The highest BCUT2D eigenvalue weighted by atomic mass is 32.2. The van der Waals surface area contributed by atoms with Crippen LogP contribution >= 0.6 is 11.8 Å². The predicted molar refractivity (Wildman–Crippen MR) is 110 cm³/mol. The molecule has 0 saturated carbocycles. The van der Waals surface area contributed by atoms with E-state index in [-0.39, 0.29) is 11.7 Å². The summed E-state index contributed by atoms with van der Waals surface area (Å²) in [5.74, 6) is 1.54. The summed E-state index contributed by atoms with van der Waals surface area (Å²) >= 11 is 1.33. The van der Waals surface area contributed by atoms with E-state index in [4.69, 9.17) is 4.74 Å². The van der Waals surface area contributed by atoms with Crippen LogP contribution in [0.3, 0.4) is 0 Å². The van der Waals surface area contributed by atoms with Crippen molar-refractivity contribution in [3.63, 3.8) is 0 Å². The Balaban J connectivity index is 1.61. The molecule has 0 aliphatic carbocycles. The third kappa shape index (κ3) is 4.61. The minimum absolute atomic E-state index is 0.200. The zero-order valence-corrected chi connectivity index (χ0v) is 16.8. The van der Waals surface area contributed by atoms with E-state index in [1.54, 1.807) is 13.3 Å². The summed E-state index contributed by atoms with van der Waals surface area (Å²) in [5, 5.41) is 13.2. The number of nitrogens with one attached hydrogen (secondary N) is 1. The van der Waals surface area contributed by atoms with Gasteiger partial charge in [0.2, 0.25) is 0 Å². The summed E-state index contributed by atoms with van der Waals surface area (Å²) < 4.78 is 9.08. The third-order valence-corrected chi connectivity index (χ3v) is 5.05. The molecule has 146 valence electrons. The number of aryl methyl sites for hydroxylation is 1. The van der Waals surface area contributed by atoms with Gasteiger partial charge in [-0.2, -0.15) is 5.10 Å². The Bertz CT molecular complexity index is 961. The Morgan fingerprint density at radius 3 is 2.71 bits per heavy atom. The number of amides is 1. The Kier molecular flexibility index (Phi) is 6.49. The van der Waals surface area contributed by atoms with Crippen molar-refractivity contribution >= 4 is 23.9 Å². The topological polar surface area (TPSA) is 86.3 Å². The largest absolute Gasteiger partial charge is 0.497 e. The van der Waals surface area contributed by atoms with Crippen molar-refractivity contribution < 1.29 is 9.53 Å². The first-order chi connectivity index (χ1) is 13.6. The van der Waals surface area contributed by atoms with Gasteiger partial charge in [-0.05, 0) is 43.3 Å². The monoisotopic (exact) mass is 398 g/mol. The van der Waals surface area contributed by atoms with Crippen LogP contribution < -0.4 is 10.2 Å². The van der Waals surface area contributed by atoms with Crippen LogP contribution in [0.5, 0.6) is 5.75 Å². The first-order valence-corrected chi connectivity index (χ1v) is 9.74. The van der Waals surface area contributed by atoms with Gasteiger partial charge in [-0.1, -0.05) is 11.8 Å². The molecule has 2 aromatic heterocycles. The summed E-state index contributed by atoms with van der Waals surface area (Å²) in [4.78, 5) is 12.1. The van der Waals surface area contributed by atoms with Crippen LogP contribution in [-0.2, 0) is 18.4 Å². The first-order valence-electron chi connectivity index (χ1n) is 8.76. The fourth-order valence-electron chi connectivity index (χ4n) is 2.58. The lowest BCUT2D eigenvalue weighted by Crippen LogP contribution is -2.20. The lowest BCUT2D eigenvalue weighted by Gasteiger charge is -2.07. The molecule has 3 rings (SSSR count). The number of rotatable bonds is 8. The molecule has 0 aliphatic heterocycles. The molecule has 0 fully saturated rings. The number of nitrogens with zero attached hydrogens (tertiary/aromatic N) is 5. The summed E-state index contributed by atoms with van der Waals surface area (Å²) in [6.07, 6.45) is 3.52. The fraction of sp³-hybridized carbons (Fsp3) is 0.263. The van der Waals surface area contributed by atoms with Gasteiger partial charge < -0.3 is 13.9 Å². The number of benzene rings is 1. The molecule has 28 heavy (non-hydrogen) atoms. The second-order valence-corrected chi connectivity index (χ2v) is 6.85. The molecule has 0 saturated heterocycles. The van der Waals surface area contributed by atoms with E-state index in [9.17, 15) is 4.79 Å². The maximum absolute atomic E-state index is 12.1. The van der Waals surface area contributed by atoms with Crippen molar-refractivity contribution in [1.29, 1.82) is 0 Å². The number of aromatic nitrogens is 4. The van der Waals surface area contributed by atoms with Crippen molar-refractivity contribution in [3.05, 3.63) is 48.3 Å². The number of thioether (sulfide) groups is 1. The highest BCUT2D eigenvalue weighted by Crippen LogP contribution is 2.25. The van der Waals surface area contributed by atoms with Gasteiger partial charge in [-0.25, -0.2) is 5.43 Å². The molecular formula is C19H22N6O2S. The molecule has 1 N–H and O–H groups in total. The van der Waals surface area contributed by atoms with Crippen LogP contribution in [0.1, 0.15) is 12.6 Å². The highest BCUT2D eigenvalue weighted by molar-refractivity contribution is 7.99. The van der Waals surface area contributed by atoms with Crippen LogP contribution in [0, 0.1) is 0 Å². The lowest BCUT2D eigenvalue weighted by molar-refractivity contribution is -0.118. The molecule has 0 radical (unpaired) electrons. The van der Waals surface area contributed by atoms with Crippen LogP contribution in [0.15, 0.2) is 52.9 Å². The standard InChI is InChI=1S/C19H22N6O2S/c1-4-25-18(14-7-9-16(27-3)10-8-14)22-23-19(25)28-13-17(26)21-20-12-15-6-5-11-24(15)2/h5-12H,4,13H2,1-3H3,(H,21,26)/b20-12+. The Morgan fingerprint density at radius 1 is 1.29 bits per heavy atom. The number of hydrogen-bond acceptors (Lipinski definition) is 6. The van der Waals surface area contributed by atoms with Crippen LogP contribution in [-0.4, -0.2) is 44.3 Å². The van der Waals surface area contributed by atoms with Gasteiger partial charge in [-0.3, -0.25) is 4.79 Å². The molecule has 1 aromatic carbocycles. The minimum Gasteiger partial charge on any atom is -0.497 e. The maximum Gasteiger partial charge on any atom is 0.250 e. The second-order valence-electron chi connectivity index (χ2n) is 5.90. The van der Waals surface area contributed by atoms with Gasteiger partial charge in [-0.15, -0.1) is 10.2 Å². The zero-order valence-electron chi connectivity index (χ0n) is 16.0. The number of carbonyl (C=O) groups excluding carboxylic acids is 1. The average Bonchev–Trinajstić information content (AvgIpc) is 3.32. The molecule has 0 atom stereocenters. The summed E-state index contributed by atoms with van der Waals surface area (Å²) in [5.41, 5.74) is 4.38. The van der Waals surface area contributed by atoms with E-state index >= 15 is 0 Å². The van der Waals surface area contributed by atoms with E-state index in [1.807, 2.05) is 65.7 Å². The molecule has 9 heteroatoms. The van der Waals surface area contributed by atoms with E-state index < -0.39 is 0 Å². The van der Waals surface area contributed by atoms with Crippen LogP contribution in [0.4, 0.5) is 0 Å². The Morgan fingerprint density at radius 2 is 2.07 bits per heavy atom. The number of methoxy groups -OCH3 is 1. The lowest BCUT2D eigenvalue weighted by atomic mass is 10.2. The smallest absolute Gasteiger partial charge is 0.250 e. The van der Waals surface area contributed by atoms with E-state index in [0.717, 1.165) is 22.8 Å². The molecule has 0 unspecified atom stereocenters. The Hall–Kier alpha value is -3.07. The van der Waals surface area contributed by atoms with Gasteiger partial charge in [0.15, 0.2) is 11.0 Å². The maximum atomic E-state index is 12.1. The number of ether oxygens (including phenoxy) is 1. The quantitative estimate of drug-likeness (QED) is 0.358. The first kappa shape index (κ1) is 19.7.